The second-order valence-electron chi connectivity index (χ2n) is 5.69. The van der Waals surface area contributed by atoms with Crippen LogP contribution in [0.5, 0.6) is 0 Å². The van der Waals surface area contributed by atoms with Crippen molar-refractivity contribution in [1.29, 1.82) is 0 Å². The molecule has 1 saturated heterocycles. The number of amides is 2. The number of hydrogen-bond acceptors (Lipinski definition) is 2. The quantitative estimate of drug-likeness (QED) is 0.661. The van der Waals surface area contributed by atoms with E-state index in [2.05, 4.69) is 12.2 Å². The van der Waals surface area contributed by atoms with E-state index in [9.17, 15) is 9.59 Å². The summed E-state index contributed by atoms with van der Waals surface area (Å²) < 4.78 is 0. The molecule has 0 aromatic heterocycles. The minimum Gasteiger partial charge on any atom is -0.343 e. The van der Waals surface area contributed by atoms with Crippen molar-refractivity contribution in [3.05, 3.63) is 0 Å². The molecule has 116 valence electrons. The van der Waals surface area contributed by atoms with E-state index in [1.54, 1.807) is 0 Å². The Kier molecular flexibility index (Phi) is 7.63. The third kappa shape index (κ3) is 4.50. The molecule has 4 heteroatoms. The summed E-state index contributed by atoms with van der Waals surface area (Å²) in [7, 11) is 0. The summed E-state index contributed by atoms with van der Waals surface area (Å²) in [6.45, 7) is 6.85. The fourth-order valence-corrected chi connectivity index (χ4v) is 2.84. The normalized spacial score (nSPS) is 23.1. The smallest absolute Gasteiger partial charge is 0.245 e. The first-order chi connectivity index (χ1) is 9.65. The number of unbranched alkanes of at least 4 members (excludes halogenated alkanes) is 5. The fraction of sp³-hybridized carbons (Fsp3) is 0.875. The van der Waals surface area contributed by atoms with Crippen LogP contribution in [0.15, 0.2) is 0 Å². The lowest BCUT2D eigenvalue weighted by Crippen LogP contribution is -2.63. The molecule has 0 spiro atoms. The molecule has 2 amide bonds. The lowest BCUT2D eigenvalue weighted by atomic mass is 10.0. The molecule has 0 saturated carbocycles. The first-order valence-electron chi connectivity index (χ1n) is 8.26. The van der Waals surface area contributed by atoms with Gasteiger partial charge in [-0.2, -0.15) is 0 Å². The monoisotopic (exact) mass is 282 g/mol. The van der Waals surface area contributed by atoms with Crippen molar-refractivity contribution in [3.63, 3.8) is 0 Å². The maximum Gasteiger partial charge on any atom is 0.245 e. The van der Waals surface area contributed by atoms with Crippen molar-refractivity contribution in [2.45, 2.75) is 84.2 Å². The third-order valence-electron chi connectivity index (χ3n) is 4.12. The lowest BCUT2D eigenvalue weighted by molar-refractivity contribution is -0.149. The predicted molar refractivity (Wildman–Crippen MR) is 81.4 cm³/mol. The van der Waals surface area contributed by atoms with Crippen LogP contribution in [0.2, 0.25) is 0 Å². The maximum atomic E-state index is 12.3. The number of carbonyl (C=O) groups is 2. The van der Waals surface area contributed by atoms with Gasteiger partial charge in [0.05, 0.1) is 0 Å². The largest absolute Gasteiger partial charge is 0.343 e. The Balaban J connectivity index is 2.45. The molecule has 2 atom stereocenters. The highest BCUT2D eigenvalue weighted by Gasteiger charge is 2.38. The highest BCUT2D eigenvalue weighted by molar-refractivity contribution is 5.96. The lowest BCUT2D eigenvalue weighted by Gasteiger charge is -2.38. The summed E-state index contributed by atoms with van der Waals surface area (Å²) in [6, 6.07) is -0.577. The first-order valence-corrected chi connectivity index (χ1v) is 8.26. The molecule has 1 heterocycles. The summed E-state index contributed by atoms with van der Waals surface area (Å²) in [5.41, 5.74) is 0. The van der Waals surface area contributed by atoms with Gasteiger partial charge >= 0.3 is 0 Å². The standard InChI is InChI=1S/C16H30N2O2/c1-4-7-8-9-10-11-12-18-14(6-3)15(19)17-13(5-2)16(18)20/h13-14H,4-12H2,1-3H3,(H,17,19). The van der Waals surface area contributed by atoms with Gasteiger partial charge in [-0.1, -0.05) is 52.9 Å². The molecule has 0 bridgehead atoms. The highest BCUT2D eigenvalue weighted by atomic mass is 16.2. The minimum atomic E-state index is -0.314. The second-order valence-corrected chi connectivity index (χ2v) is 5.69. The summed E-state index contributed by atoms with van der Waals surface area (Å²) in [4.78, 5) is 26.2. The molecular formula is C16H30N2O2. The van der Waals surface area contributed by atoms with E-state index < -0.39 is 0 Å². The number of nitrogens with one attached hydrogen (secondary N) is 1. The molecule has 1 fully saturated rings. The van der Waals surface area contributed by atoms with Crippen LogP contribution in [0.1, 0.15) is 72.1 Å². The molecule has 0 radical (unpaired) electrons. The van der Waals surface area contributed by atoms with Gasteiger partial charge in [0.15, 0.2) is 0 Å². The number of hydrogen-bond donors (Lipinski definition) is 1. The molecule has 0 aliphatic carbocycles. The van der Waals surface area contributed by atoms with Crippen molar-refractivity contribution < 1.29 is 9.59 Å². The van der Waals surface area contributed by atoms with Gasteiger partial charge in [0.2, 0.25) is 11.8 Å². The number of carbonyl (C=O) groups excluding carboxylic acids is 2. The van der Waals surface area contributed by atoms with Crippen molar-refractivity contribution in [2.24, 2.45) is 0 Å². The zero-order valence-electron chi connectivity index (χ0n) is 13.3. The topological polar surface area (TPSA) is 49.4 Å². The minimum absolute atomic E-state index is 0.0185. The van der Waals surface area contributed by atoms with E-state index in [-0.39, 0.29) is 23.9 Å². The van der Waals surface area contributed by atoms with Crippen molar-refractivity contribution in [1.82, 2.24) is 10.2 Å². The first kappa shape index (κ1) is 17.0. The van der Waals surface area contributed by atoms with Crippen LogP contribution in [0.3, 0.4) is 0 Å². The van der Waals surface area contributed by atoms with Gasteiger partial charge < -0.3 is 10.2 Å². The van der Waals surface area contributed by atoms with Gasteiger partial charge in [0.1, 0.15) is 12.1 Å². The van der Waals surface area contributed by atoms with E-state index in [1.165, 1.54) is 25.7 Å². The molecule has 1 aliphatic rings. The number of piperazine rings is 1. The van der Waals surface area contributed by atoms with Gasteiger partial charge in [-0.25, -0.2) is 0 Å². The Bertz CT molecular complexity index is 318. The molecule has 0 aromatic carbocycles. The summed E-state index contributed by atoms with van der Waals surface area (Å²) >= 11 is 0. The van der Waals surface area contributed by atoms with E-state index >= 15 is 0 Å². The summed E-state index contributed by atoms with van der Waals surface area (Å²) in [5.74, 6) is 0.123. The molecule has 1 N–H and O–H groups in total. The summed E-state index contributed by atoms with van der Waals surface area (Å²) in [6.07, 6.45) is 8.59. The molecule has 2 unspecified atom stereocenters. The molecule has 4 nitrogen and oxygen atoms in total. The third-order valence-corrected chi connectivity index (χ3v) is 4.12. The van der Waals surface area contributed by atoms with Crippen LogP contribution < -0.4 is 5.32 Å². The zero-order chi connectivity index (χ0) is 15.0. The predicted octanol–water partition coefficient (Wildman–Crippen LogP) is 2.86. The SMILES string of the molecule is CCCCCCCCN1C(=O)C(CC)NC(=O)C1CC. The van der Waals surface area contributed by atoms with Gasteiger partial charge in [-0.3, -0.25) is 9.59 Å². The van der Waals surface area contributed by atoms with Crippen molar-refractivity contribution >= 4 is 11.8 Å². The van der Waals surface area contributed by atoms with Crippen LogP contribution in [0.25, 0.3) is 0 Å². The van der Waals surface area contributed by atoms with Crippen molar-refractivity contribution in [3.8, 4) is 0 Å². The Hall–Kier alpha value is -1.06. The van der Waals surface area contributed by atoms with Gasteiger partial charge in [-0.15, -0.1) is 0 Å². The van der Waals surface area contributed by atoms with Crippen LogP contribution in [-0.4, -0.2) is 35.3 Å². The Labute approximate surface area is 123 Å². The Morgan fingerprint density at radius 1 is 0.950 bits per heavy atom. The summed E-state index contributed by atoms with van der Waals surface area (Å²) in [5, 5.41) is 2.83. The second kappa shape index (κ2) is 8.98. The molecule has 1 aliphatic heterocycles. The Morgan fingerprint density at radius 2 is 1.60 bits per heavy atom. The van der Waals surface area contributed by atoms with E-state index in [1.807, 2.05) is 18.7 Å². The highest BCUT2D eigenvalue weighted by Crippen LogP contribution is 2.16. The fourth-order valence-electron chi connectivity index (χ4n) is 2.84. The average Bonchev–Trinajstić information content (AvgIpc) is 2.45. The molecular weight excluding hydrogens is 252 g/mol. The zero-order valence-corrected chi connectivity index (χ0v) is 13.3. The maximum absolute atomic E-state index is 12.3. The molecule has 20 heavy (non-hydrogen) atoms. The Morgan fingerprint density at radius 3 is 2.20 bits per heavy atom. The average molecular weight is 282 g/mol. The van der Waals surface area contributed by atoms with Gasteiger partial charge in [0.25, 0.3) is 0 Å². The van der Waals surface area contributed by atoms with E-state index in [4.69, 9.17) is 0 Å². The van der Waals surface area contributed by atoms with Crippen LogP contribution in [0.4, 0.5) is 0 Å². The van der Waals surface area contributed by atoms with Crippen LogP contribution in [-0.2, 0) is 9.59 Å². The van der Waals surface area contributed by atoms with E-state index in [0.29, 0.717) is 12.8 Å². The van der Waals surface area contributed by atoms with E-state index in [0.717, 1.165) is 19.4 Å². The number of rotatable bonds is 9. The van der Waals surface area contributed by atoms with Crippen LogP contribution in [0, 0.1) is 0 Å². The van der Waals surface area contributed by atoms with Crippen LogP contribution >= 0.6 is 0 Å². The molecule has 1 rings (SSSR count). The van der Waals surface area contributed by atoms with Gasteiger partial charge in [0, 0.05) is 6.54 Å². The number of nitrogens with zero attached hydrogens (tertiary/aromatic N) is 1. The molecule has 0 aromatic rings. The van der Waals surface area contributed by atoms with Gasteiger partial charge in [-0.05, 0) is 19.3 Å². The van der Waals surface area contributed by atoms with Crippen molar-refractivity contribution in [2.75, 3.05) is 6.54 Å².